The minimum atomic E-state index is -0.248. The highest BCUT2D eigenvalue weighted by Crippen LogP contribution is 2.57. The van der Waals surface area contributed by atoms with Gasteiger partial charge in [-0.1, -0.05) is 37.4 Å². The first kappa shape index (κ1) is 15.3. The Kier molecular flexibility index (Phi) is 4.85. The van der Waals surface area contributed by atoms with Crippen LogP contribution in [-0.4, -0.2) is 12.6 Å². The lowest BCUT2D eigenvalue weighted by atomic mass is 9.99. The van der Waals surface area contributed by atoms with Crippen molar-refractivity contribution in [2.24, 2.45) is 17.8 Å². The van der Waals surface area contributed by atoms with Gasteiger partial charge in [0.2, 0.25) is 0 Å². The molecule has 0 amide bonds. The van der Waals surface area contributed by atoms with Crippen molar-refractivity contribution >= 4 is 11.6 Å². The molecular formula is C18H25ClFN. The third-order valence-corrected chi connectivity index (χ3v) is 5.65. The van der Waals surface area contributed by atoms with E-state index in [1.54, 1.807) is 0 Å². The van der Waals surface area contributed by atoms with Crippen molar-refractivity contribution in [3.63, 3.8) is 0 Å². The Bertz CT molecular complexity index is 478. The minimum absolute atomic E-state index is 0.248. The van der Waals surface area contributed by atoms with Crippen molar-refractivity contribution in [2.45, 2.75) is 51.5 Å². The summed E-state index contributed by atoms with van der Waals surface area (Å²) in [5.74, 6) is 2.40. The standard InChI is InChI=1S/C18H25ClFN/c1-2-9-21-17(18-14-5-3-4-6-15(14)18)10-12-7-8-13(20)11-16(12)19/h7-8,11,14-15,17-18,21H,2-6,9-10H2,1H3. The molecule has 2 aliphatic carbocycles. The van der Waals surface area contributed by atoms with Crippen molar-refractivity contribution in [3.05, 3.63) is 34.6 Å². The van der Waals surface area contributed by atoms with Crippen LogP contribution in [0.5, 0.6) is 0 Å². The van der Waals surface area contributed by atoms with E-state index in [2.05, 4.69) is 12.2 Å². The van der Waals surface area contributed by atoms with Crippen molar-refractivity contribution in [2.75, 3.05) is 6.54 Å². The maximum atomic E-state index is 13.2. The Balaban J connectivity index is 1.70. The van der Waals surface area contributed by atoms with Crippen molar-refractivity contribution < 1.29 is 4.39 Å². The lowest BCUT2D eigenvalue weighted by Gasteiger charge is -2.20. The Morgan fingerprint density at radius 1 is 1.29 bits per heavy atom. The molecule has 1 nitrogen and oxygen atoms in total. The molecule has 1 aromatic carbocycles. The van der Waals surface area contributed by atoms with Gasteiger partial charge in [0.1, 0.15) is 5.82 Å². The molecule has 1 aromatic rings. The number of benzene rings is 1. The molecule has 0 heterocycles. The summed E-state index contributed by atoms with van der Waals surface area (Å²) in [5.41, 5.74) is 1.08. The number of hydrogen-bond acceptors (Lipinski definition) is 1. The van der Waals surface area contributed by atoms with E-state index < -0.39 is 0 Å². The van der Waals surface area contributed by atoms with Gasteiger partial charge in [0.05, 0.1) is 0 Å². The normalized spacial score (nSPS) is 29.0. The lowest BCUT2D eigenvalue weighted by molar-refractivity contribution is 0.427. The fourth-order valence-corrected chi connectivity index (χ4v) is 4.49. The fraction of sp³-hybridized carbons (Fsp3) is 0.667. The first-order valence-corrected chi connectivity index (χ1v) is 8.75. The van der Waals surface area contributed by atoms with Gasteiger partial charge in [0.15, 0.2) is 0 Å². The maximum Gasteiger partial charge on any atom is 0.124 e. The third kappa shape index (κ3) is 3.43. The number of fused-ring (bicyclic) bond motifs is 1. The SMILES string of the molecule is CCCNC(Cc1ccc(F)cc1Cl)C1C2CCCCC21. The summed E-state index contributed by atoms with van der Waals surface area (Å²) < 4.78 is 13.2. The monoisotopic (exact) mass is 309 g/mol. The summed E-state index contributed by atoms with van der Waals surface area (Å²) in [6.45, 7) is 3.26. The first-order chi connectivity index (χ1) is 10.2. The van der Waals surface area contributed by atoms with Gasteiger partial charge in [-0.2, -0.15) is 0 Å². The second-order valence-corrected chi connectivity index (χ2v) is 7.10. The van der Waals surface area contributed by atoms with Crippen molar-refractivity contribution in [3.8, 4) is 0 Å². The Labute approximate surface area is 132 Å². The van der Waals surface area contributed by atoms with Crippen LogP contribution in [0.15, 0.2) is 18.2 Å². The number of nitrogens with one attached hydrogen (secondary N) is 1. The van der Waals surface area contributed by atoms with E-state index >= 15 is 0 Å². The van der Waals surface area contributed by atoms with Gasteiger partial charge in [0.25, 0.3) is 0 Å². The minimum Gasteiger partial charge on any atom is -0.313 e. The number of halogens is 2. The Hall–Kier alpha value is -0.600. The Morgan fingerprint density at radius 3 is 2.62 bits per heavy atom. The third-order valence-electron chi connectivity index (χ3n) is 5.30. The first-order valence-electron chi connectivity index (χ1n) is 8.38. The zero-order valence-electron chi connectivity index (χ0n) is 12.7. The molecule has 0 bridgehead atoms. The van der Waals surface area contributed by atoms with Crippen LogP contribution in [0.4, 0.5) is 4.39 Å². The van der Waals surface area contributed by atoms with Crippen LogP contribution in [-0.2, 0) is 6.42 Å². The highest BCUT2D eigenvalue weighted by atomic mass is 35.5. The van der Waals surface area contributed by atoms with Crippen molar-refractivity contribution in [1.82, 2.24) is 5.32 Å². The van der Waals surface area contributed by atoms with Crippen LogP contribution in [0.3, 0.4) is 0 Å². The zero-order valence-corrected chi connectivity index (χ0v) is 13.5. The van der Waals surface area contributed by atoms with Crippen LogP contribution in [0.1, 0.15) is 44.6 Å². The second-order valence-electron chi connectivity index (χ2n) is 6.69. The van der Waals surface area contributed by atoms with E-state index in [1.807, 2.05) is 6.07 Å². The number of rotatable bonds is 6. The second kappa shape index (κ2) is 6.66. The Morgan fingerprint density at radius 2 is 2.00 bits per heavy atom. The largest absolute Gasteiger partial charge is 0.313 e. The van der Waals surface area contributed by atoms with Gasteiger partial charge in [-0.25, -0.2) is 4.39 Å². The molecule has 3 unspecified atom stereocenters. The summed E-state index contributed by atoms with van der Waals surface area (Å²) in [6, 6.07) is 5.32. The van der Waals surface area contributed by atoms with Gasteiger partial charge < -0.3 is 5.32 Å². The summed E-state index contributed by atoms with van der Waals surface area (Å²) in [6.07, 6.45) is 7.67. The molecule has 2 fully saturated rings. The van der Waals surface area contributed by atoms with E-state index in [-0.39, 0.29) is 5.82 Å². The van der Waals surface area contributed by atoms with E-state index in [4.69, 9.17) is 11.6 Å². The molecule has 0 aliphatic heterocycles. The maximum absolute atomic E-state index is 13.2. The van der Waals surface area contributed by atoms with Crippen LogP contribution in [0.2, 0.25) is 5.02 Å². The average molecular weight is 310 g/mol. The lowest BCUT2D eigenvalue weighted by Crippen LogP contribution is -2.35. The van der Waals surface area contributed by atoms with Gasteiger partial charge in [-0.3, -0.25) is 0 Å². The van der Waals surface area contributed by atoms with E-state index in [1.165, 1.54) is 37.8 Å². The molecule has 21 heavy (non-hydrogen) atoms. The molecule has 1 N–H and O–H groups in total. The van der Waals surface area contributed by atoms with Gasteiger partial charge >= 0.3 is 0 Å². The zero-order chi connectivity index (χ0) is 14.8. The molecule has 0 saturated heterocycles. The summed E-state index contributed by atoms with van der Waals surface area (Å²) in [7, 11) is 0. The molecule has 0 radical (unpaired) electrons. The molecule has 3 atom stereocenters. The fourth-order valence-electron chi connectivity index (χ4n) is 4.24. The van der Waals surface area contributed by atoms with Gasteiger partial charge in [0, 0.05) is 11.1 Å². The van der Waals surface area contributed by atoms with E-state index in [0.717, 1.165) is 42.7 Å². The smallest absolute Gasteiger partial charge is 0.124 e. The van der Waals surface area contributed by atoms with Gasteiger partial charge in [-0.15, -0.1) is 0 Å². The molecule has 0 spiro atoms. The molecule has 3 heteroatoms. The predicted molar refractivity (Wildman–Crippen MR) is 86.1 cm³/mol. The van der Waals surface area contributed by atoms with E-state index in [9.17, 15) is 4.39 Å². The highest BCUT2D eigenvalue weighted by molar-refractivity contribution is 6.31. The quantitative estimate of drug-likeness (QED) is 0.794. The van der Waals surface area contributed by atoms with Crippen LogP contribution in [0, 0.1) is 23.6 Å². The van der Waals surface area contributed by atoms with Crippen LogP contribution < -0.4 is 5.32 Å². The molecule has 2 aliphatic rings. The number of hydrogen-bond donors (Lipinski definition) is 1. The molecule has 116 valence electrons. The predicted octanol–water partition coefficient (Wildman–Crippen LogP) is 4.83. The summed E-state index contributed by atoms with van der Waals surface area (Å²) in [5, 5.41) is 4.30. The van der Waals surface area contributed by atoms with Gasteiger partial charge in [-0.05, 0) is 67.7 Å². The van der Waals surface area contributed by atoms with Crippen LogP contribution >= 0.6 is 11.6 Å². The van der Waals surface area contributed by atoms with Crippen LogP contribution in [0.25, 0.3) is 0 Å². The molecule has 0 aromatic heterocycles. The molecule has 2 saturated carbocycles. The molecule has 3 rings (SSSR count). The summed E-state index contributed by atoms with van der Waals surface area (Å²) >= 11 is 6.22. The highest BCUT2D eigenvalue weighted by Gasteiger charge is 2.53. The molecular weight excluding hydrogens is 285 g/mol. The topological polar surface area (TPSA) is 12.0 Å². The summed E-state index contributed by atoms with van der Waals surface area (Å²) in [4.78, 5) is 0. The van der Waals surface area contributed by atoms with Crippen molar-refractivity contribution in [1.29, 1.82) is 0 Å². The van der Waals surface area contributed by atoms with E-state index in [0.29, 0.717) is 11.1 Å². The average Bonchev–Trinajstić information content (AvgIpc) is 3.20.